The number of halogens is 2. The second-order valence-electron chi connectivity index (χ2n) is 14.0. The minimum Gasteiger partial charge on any atom is -0.480 e. The van der Waals surface area contributed by atoms with Crippen molar-refractivity contribution in [2.24, 2.45) is 5.92 Å². The Morgan fingerprint density at radius 2 is 1.57 bits per heavy atom. The molecule has 0 bridgehead atoms. The van der Waals surface area contributed by atoms with E-state index in [4.69, 9.17) is 0 Å². The Morgan fingerprint density at radius 3 is 2.24 bits per heavy atom. The molecular weight excluding hydrogens is 756 g/mol. The molecule has 0 aliphatic carbocycles. The highest BCUT2D eigenvalue weighted by Gasteiger charge is 2.41. The molecular formula is C36H46Br2N6O5. The van der Waals surface area contributed by atoms with Gasteiger partial charge in [-0.05, 0) is 94.1 Å². The molecule has 2 N–H and O–H groups in total. The predicted octanol–water partition coefficient (Wildman–Crippen LogP) is 4.80. The molecule has 4 amide bonds. The molecule has 4 heterocycles. The molecule has 0 spiro atoms. The number of hydrogen-bond acceptors (Lipinski definition) is 6. The van der Waals surface area contributed by atoms with Crippen LogP contribution in [0, 0.1) is 12.8 Å². The average molecular weight is 803 g/mol. The Kier molecular flexibility index (Phi) is 11.3. The molecule has 2 aromatic carbocycles. The van der Waals surface area contributed by atoms with Crippen molar-refractivity contribution in [2.45, 2.75) is 70.1 Å². The van der Waals surface area contributed by atoms with Crippen molar-refractivity contribution in [2.75, 3.05) is 58.2 Å². The molecule has 3 fully saturated rings. The zero-order valence-corrected chi connectivity index (χ0v) is 31.4. The highest BCUT2D eigenvalue weighted by atomic mass is 79.9. The maximum atomic E-state index is 14.3. The van der Waals surface area contributed by atoms with E-state index >= 15 is 0 Å². The second kappa shape index (κ2) is 15.5. The zero-order valence-electron chi connectivity index (χ0n) is 28.2. The molecule has 3 saturated heterocycles. The number of urea groups is 1. The van der Waals surface area contributed by atoms with Crippen molar-refractivity contribution in [3.63, 3.8) is 0 Å². The molecule has 4 aliphatic heterocycles. The fraction of sp³-hybridized carbons (Fsp3) is 0.556. The van der Waals surface area contributed by atoms with Gasteiger partial charge in [-0.3, -0.25) is 19.3 Å². The number of carbonyl (C=O) groups excluding carboxylic acids is 3. The van der Waals surface area contributed by atoms with E-state index in [0.717, 1.165) is 57.3 Å². The first-order valence-corrected chi connectivity index (χ1v) is 18.9. The van der Waals surface area contributed by atoms with Crippen molar-refractivity contribution in [1.82, 2.24) is 24.5 Å². The number of piperazine rings is 1. The van der Waals surface area contributed by atoms with Crippen LogP contribution in [-0.4, -0.2) is 124 Å². The number of fused-ring (bicyclic) bond motifs is 1. The highest BCUT2D eigenvalue weighted by Crippen LogP contribution is 2.31. The number of para-hydroxylation sites is 1. The minimum atomic E-state index is -0.913. The Hall–Kier alpha value is -3.00. The molecule has 264 valence electrons. The van der Waals surface area contributed by atoms with Crippen LogP contribution in [0.3, 0.4) is 0 Å². The van der Waals surface area contributed by atoms with Gasteiger partial charge in [-0.25, -0.2) is 4.79 Å². The first-order valence-electron chi connectivity index (χ1n) is 17.3. The molecule has 13 heteroatoms. The number of carboxylic acid groups (broad SMARTS) is 1. The highest BCUT2D eigenvalue weighted by molar-refractivity contribution is 9.11. The summed E-state index contributed by atoms with van der Waals surface area (Å²) in [5.41, 5.74) is 3.89. The number of likely N-dealkylation sites (tertiary alicyclic amines) is 2. The normalized spacial score (nSPS) is 22.1. The van der Waals surface area contributed by atoms with E-state index < -0.39 is 17.9 Å². The molecule has 49 heavy (non-hydrogen) atoms. The number of rotatable bonds is 8. The monoisotopic (exact) mass is 800 g/mol. The quantitative estimate of drug-likeness (QED) is 0.395. The van der Waals surface area contributed by atoms with Gasteiger partial charge in [-0.2, -0.15) is 0 Å². The van der Waals surface area contributed by atoms with Crippen LogP contribution in [0.5, 0.6) is 0 Å². The number of piperidine rings is 2. The summed E-state index contributed by atoms with van der Waals surface area (Å²) in [6.07, 6.45) is 3.55. The van der Waals surface area contributed by atoms with Crippen molar-refractivity contribution >= 4 is 61.4 Å². The Bertz CT molecular complexity index is 1550. The summed E-state index contributed by atoms with van der Waals surface area (Å²) in [4.78, 5) is 63.4. The molecule has 2 unspecified atom stereocenters. The summed E-state index contributed by atoms with van der Waals surface area (Å²) >= 11 is 7.26. The van der Waals surface area contributed by atoms with Gasteiger partial charge in [0.15, 0.2) is 0 Å². The zero-order chi connectivity index (χ0) is 34.8. The van der Waals surface area contributed by atoms with Crippen LogP contribution < -0.4 is 5.32 Å². The van der Waals surface area contributed by atoms with E-state index in [1.54, 1.807) is 4.90 Å². The number of nitrogens with one attached hydrogen (secondary N) is 1. The summed E-state index contributed by atoms with van der Waals surface area (Å²) in [6, 6.07) is 11.1. The smallest absolute Gasteiger partial charge is 0.322 e. The largest absolute Gasteiger partial charge is 0.480 e. The van der Waals surface area contributed by atoms with E-state index in [0.29, 0.717) is 52.0 Å². The number of carbonyl (C=O) groups is 4. The summed E-state index contributed by atoms with van der Waals surface area (Å²) in [5.74, 6) is -1.81. The van der Waals surface area contributed by atoms with Crippen LogP contribution in [-0.2, 0) is 27.3 Å². The lowest BCUT2D eigenvalue weighted by Gasteiger charge is -2.46. The third kappa shape index (κ3) is 8.16. The lowest BCUT2D eigenvalue weighted by Crippen LogP contribution is -2.62. The van der Waals surface area contributed by atoms with Crippen molar-refractivity contribution in [3.8, 4) is 0 Å². The molecule has 11 nitrogen and oxygen atoms in total. The summed E-state index contributed by atoms with van der Waals surface area (Å²) in [5, 5.41) is 13.3. The summed E-state index contributed by atoms with van der Waals surface area (Å²) in [7, 11) is 2.09. The van der Waals surface area contributed by atoms with Gasteiger partial charge in [0.1, 0.15) is 6.04 Å². The predicted molar refractivity (Wildman–Crippen MR) is 194 cm³/mol. The van der Waals surface area contributed by atoms with Crippen molar-refractivity contribution in [1.29, 1.82) is 0 Å². The van der Waals surface area contributed by atoms with Crippen LogP contribution in [0.15, 0.2) is 45.3 Å². The van der Waals surface area contributed by atoms with Gasteiger partial charge in [0, 0.05) is 72.4 Å². The number of nitrogens with zero attached hydrogens (tertiary/aromatic N) is 5. The fourth-order valence-electron chi connectivity index (χ4n) is 7.87. The summed E-state index contributed by atoms with van der Waals surface area (Å²) < 4.78 is 1.83. The van der Waals surface area contributed by atoms with Crippen LogP contribution >= 0.6 is 31.9 Å². The first kappa shape index (κ1) is 35.8. The van der Waals surface area contributed by atoms with Gasteiger partial charge < -0.3 is 30.0 Å². The number of anilines is 1. The molecule has 6 rings (SSSR count). The van der Waals surface area contributed by atoms with Crippen LogP contribution in [0.1, 0.15) is 48.8 Å². The molecule has 0 aromatic heterocycles. The van der Waals surface area contributed by atoms with E-state index in [1.807, 2.05) is 53.1 Å². The third-order valence-corrected chi connectivity index (χ3v) is 12.5. The average Bonchev–Trinajstić information content (AvgIpc) is 3.09. The van der Waals surface area contributed by atoms with Crippen LogP contribution in [0.25, 0.3) is 0 Å². The van der Waals surface area contributed by atoms with E-state index in [-0.39, 0.29) is 42.9 Å². The maximum Gasteiger partial charge on any atom is 0.322 e. The molecule has 4 aliphatic rings. The SMILES string of the molecule is Cc1c(Br)cc(CC(CC(=O)N2CCC(N3Cc4ccccc4NC3=O)CC2)C(=O)N2CCN(C3CCN(C)CC3)C(C(=O)O)C2)cc1Br. The molecule has 2 atom stereocenters. The van der Waals surface area contributed by atoms with Crippen LogP contribution in [0.2, 0.25) is 0 Å². The number of hydrogen-bond donors (Lipinski definition) is 2. The Morgan fingerprint density at radius 1 is 0.918 bits per heavy atom. The summed E-state index contributed by atoms with van der Waals surface area (Å²) in [6.45, 7) is 6.46. The number of aliphatic carboxylic acids is 1. The minimum absolute atomic E-state index is 0.0194. The molecule has 2 aromatic rings. The van der Waals surface area contributed by atoms with Gasteiger partial charge in [0.05, 0.1) is 5.92 Å². The van der Waals surface area contributed by atoms with Gasteiger partial charge in [0.25, 0.3) is 0 Å². The van der Waals surface area contributed by atoms with Gasteiger partial charge >= 0.3 is 12.0 Å². The van der Waals surface area contributed by atoms with Crippen LogP contribution in [0.4, 0.5) is 10.5 Å². The van der Waals surface area contributed by atoms with E-state index in [1.165, 1.54) is 0 Å². The number of carboxylic acids is 1. The van der Waals surface area contributed by atoms with Gasteiger partial charge in [-0.1, -0.05) is 50.1 Å². The Labute approximate surface area is 305 Å². The lowest BCUT2D eigenvalue weighted by molar-refractivity contribution is -0.153. The van der Waals surface area contributed by atoms with Crippen molar-refractivity contribution in [3.05, 3.63) is 62.0 Å². The standard InChI is InChI=1S/C36H46Br2N6O5/c1-23-29(37)18-24(19-30(23)38)17-26(34(46)42-15-16-43(32(22-42)35(47)48)27-7-11-40(2)12-8-27)20-33(45)41-13-9-28(10-14-41)44-21-25-5-3-4-6-31(25)39-36(44)49/h3-6,18-19,26-28,32H,7-17,20-22H2,1-2H3,(H,39,49)(H,47,48). The van der Waals surface area contributed by atoms with Gasteiger partial charge in [0.2, 0.25) is 11.8 Å². The second-order valence-corrected chi connectivity index (χ2v) is 15.7. The topological polar surface area (TPSA) is 117 Å². The van der Waals surface area contributed by atoms with E-state index in [2.05, 4.69) is 54.0 Å². The first-order chi connectivity index (χ1) is 23.5. The maximum absolute atomic E-state index is 14.3. The number of benzene rings is 2. The number of amides is 4. The third-order valence-electron chi connectivity index (χ3n) is 10.9. The van der Waals surface area contributed by atoms with E-state index in [9.17, 15) is 24.3 Å². The van der Waals surface area contributed by atoms with Crippen molar-refractivity contribution < 1.29 is 24.3 Å². The fourth-order valence-corrected chi connectivity index (χ4v) is 9.15. The molecule has 0 saturated carbocycles. The molecule has 0 radical (unpaired) electrons. The Balaban J connectivity index is 1.14. The lowest BCUT2D eigenvalue weighted by atomic mass is 9.92. The van der Waals surface area contributed by atoms with Gasteiger partial charge in [-0.15, -0.1) is 0 Å².